The van der Waals surface area contributed by atoms with Crippen LogP contribution in [0.2, 0.25) is 0 Å². The van der Waals surface area contributed by atoms with E-state index in [0.29, 0.717) is 5.56 Å². The maximum Gasteiger partial charge on any atom is 0.105 e. The first kappa shape index (κ1) is 12.8. The van der Waals surface area contributed by atoms with Crippen LogP contribution in [-0.2, 0) is 0 Å². The lowest BCUT2D eigenvalue weighted by Gasteiger charge is -2.17. The summed E-state index contributed by atoms with van der Waals surface area (Å²) in [5.41, 5.74) is 2.48. The molecule has 0 saturated carbocycles. The highest BCUT2D eigenvalue weighted by atomic mass is 16.3. The molecule has 2 aromatic rings. The molecule has 0 radical (unpaired) electrons. The molecule has 1 aromatic carbocycles. The number of benzene rings is 1. The summed E-state index contributed by atoms with van der Waals surface area (Å²) in [7, 11) is 0. The van der Waals surface area contributed by atoms with Crippen LogP contribution in [0.25, 0.3) is 11.3 Å². The van der Waals surface area contributed by atoms with Crippen molar-refractivity contribution in [3.63, 3.8) is 0 Å². The van der Waals surface area contributed by atoms with E-state index in [9.17, 15) is 10.2 Å². The van der Waals surface area contributed by atoms with Crippen molar-refractivity contribution < 1.29 is 15.3 Å². The molecule has 0 amide bonds. The summed E-state index contributed by atoms with van der Waals surface area (Å²) in [6.07, 6.45) is 1.54. The highest BCUT2D eigenvalue weighted by molar-refractivity contribution is 5.58. The second-order valence-corrected chi connectivity index (χ2v) is 4.11. The van der Waals surface area contributed by atoms with Crippen LogP contribution in [0, 0.1) is 0 Å². The first-order valence-corrected chi connectivity index (χ1v) is 5.78. The van der Waals surface area contributed by atoms with E-state index in [1.807, 2.05) is 12.1 Å². The molecule has 18 heavy (non-hydrogen) atoms. The number of aliphatic hydroxyl groups excluding tert-OH is 3. The minimum Gasteiger partial charge on any atom is -0.396 e. The molecule has 4 N–H and O–H groups in total. The van der Waals surface area contributed by atoms with Crippen molar-refractivity contribution in [3.8, 4) is 11.3 Å². The molecular weight excluding hydrogens is 232 g/mol. The maximum atomic E-state index is 9.86. The fourth-order valence-corrected chi connectivity index (χ4v) is 1.79. The molecular formula is C13H16N2O3. The van der Waals surface area contributed by atoms with E-state index in [-0.39, 0.29) is 13.0 Å². The highest BCUT2D eigenvalue weighted by Gasteiger charge is 2.17. The van der Waals surface area contributed by atoms with E-state index in [2.05, 4.69) is 9.97 Å². The predicted octanol–water partition coefficient (Wildman–Crippen LogP) is 0.853. The number of nitrogens with zero attached hydrogens (tertiary/aromatic N) is 1. The lowest BCUT2D eigenvalue weighted by molar-refractivity contribution is 0.00422. The SMILES string of the molecule is OCCC(O)C(O)c1ccc(-c2cnc[nH]2)cc1. The lowest BCUT2D eigenvalue weighted by Crippen LogP contribution is -2.19. The number of rotatable bonds is 5. The Kier molecular flexibility index (Phi) is 4.09. The van der Waals surface area contributed by atoms with Crippen molar-refractivity contribution in [1.82, 2.24) is 9.97 Å². The molecule has 0 fully saturated rings. The van der Waals surface area contributed by atoms with E-state index in [0.717, 1.165) is 11.3 Å². The average molecular weight is 248 g/mol. The molecule has 0 aliphatic rings. The van der Waals surface area contributed by atoms with E-state index < -0.39 is 12.2 Å². The van der Waals surface area contributed by atoms with Crippen LogP contribution in [0.1, 0.15) is 18.1 Å². The Bertz CT molecular complexity index is 467. The molecule has 2 atom stereocenters. The minimum atomic E-state index is -0.979. The quantitative estimate of drug-likeness (QED) is 0.631. The van der Waals surface area contributed by atoms with E-state index >= 15 is 0 Å². The van der Waals surface area contributed by atoms with Gasteiger partial charge in [-0.3, -0.25) is 0 Å². The standard InChI is InChI=1S/C13H16N2O3/c16-6-5-12(17)13(18)10-3-1-9(2-4-10)11-7-14-8-15-11/h1-4,7-8,12-13,16-18H,5-6H2,(H,14,15). The first-order chi connectivity index (χ1) is 8.72. The largest absolute Gasteiger partial charge is 0.396 e. The second-order valence-electron chi connectivity index (χ2n) is 4.11. The van der Waals surface area contributed by atoms with E-state index in [4.69, 9.17) is 5.11 Å². The molecule has 0 saturated heterocycles. The Labute approximate surface area is 105 Å². The molecule has 1 heterocycles. The van der Waals surface area contributed by atoms with Crippen molar-refractivity contribution >= 4 is 0 Å². The van der Waals surface area contributed by atoms with Gasteiger partial charge in [0, 0.05) is 6.61 Å². The van der Waals surface area contributed by atoms with Crippen LogP contribution in [0.5, 0.6) is 0 Å². The summed E-state index contributed by atoms with van der Waals surface area (Å²) in [6, 6.07) is 7.19. The Morgan fingerprint density at radius 2 is 1.89 bits per heavy atom. The highest BCUT2D eigenvalue weighted by Crippen LogP contribution is 2.22. The second kappa shape index (κ2) is 5.77. The maximum absolute atomic E-state index is 9.86. The minimum absolute atomic E-state index is 0.148. The van der Waals surface area contributed by atoms with Crippen LogP contribution in [0.15, 0.2) is 36.8 Å². The number of imidazole rings is 1. The Hall–Kier alpha value is -1.69. The normalized spacial score (nSPS) is 14.4. The van der Waals surface area contributed by atoms with Crippen molar-refractivity contribution in [2.75, 3.05) is 6.61 Å². The Balaban J connectivity index is 2.12. The van der Waals surface area contributed by atoms with Gasteiger partial charge >= 0.3 is 0 Å². The zero-order valence-corrected chi connectivity index (χ0v) is 9.82. The third-order valence-electron chi connectivity index (χ3n) is 2.85. The number of hydrogen-bond donors (Lipinski definition) is 4. The van der Waals surface area contributed by atoms with E-state index in [1.54, 1.807) is 24.7 Å². The van der Waals surface area contributed by atoms with E-state index in [1.165, 1.54) is 0 Å². The van der Waals surface area contributed by atoms with Crippen molar-refractivity contribution in [1.29, 1.82) is 0 Å². The van der Waals surface area contributed by atoms with Gasteiger partial charge in [0.15, 0.2) is 0 Å². The predicted molar refractivity (Wildman–Crippen MR) is 66.7 cm³/mol. The number of aliphatic hydroxyl groups is 3. The summed E-state index contributed by atoms with van der Waals surface area (Å²) in [6.45, 7) is -0.148. The number of hydrogen-bond acceptors (Lipinski definition) is 4. The van der Waals surface area contributed by atoms with Crippen LogP contribution < -0.4 is 0 Å². The fraction of sp³-hybridized carbons (Fsp3) is 0.308. The zero-order valence-electron chi connectivity index (χ0n) is 9.82. The van der Waals surface area contributed by atoms with Gasteiger partial charge in [-0.2, -0.15) is 0 Å². The molecule has 1 aromatic heterocycles. The van der Waals surface area contributed by atoms with Gasteiger partial charge in [0.2, 0.25) is 0 Å². The summed E-state index contributed by atoms with van der Waals surface area (Å²) in [4.78, 5) is 6.93. The van der Waals surface area contributed by atoms with Gasteiger partial charge in [0.05, 0.1) is 24.3 Å². The number of nitrogens with one attached hydrogen (secondary N) is 1. The average Bonchev–Trinajstić information content (AvgIpc) is 2.92. The molecule has 96 valence electrons. The zero-order chi connectivity index (χ0) is 13.0. The smallest absolute Gasteiger partial charge is 0.105 e. The van der Waals surface area contributed by atoms with Crippen LogP contribution in [0.4, 0.5) is 0 Å². The summed E-state index contributed by atoms with van der Waals surface area (Å²) >= 11 is 0. The molecule has 0 aliphatic heterocycles. The van der Waals surface area contributed by atoms with Crippen LogP contribution in [-0.4, -0.2) is 38.0 Å². The Morgan fingerprint density at radius 1 is 1.17 bits per heavy atom. The third-order valence-corrected chi connectivity index (χ3v) is 2.85. The van der Waals surface area contributed by atoms with Crippen molar-refractivity contribution in [2.45, 2.75) is 18.6 Å². The molecule has 5 nitrogen and oxygen atoms in total. The fourth-order valence-electron chi connectivity index (χ4n) is 1.79. The molecule has 0 spiro atoms. The van der Waals surface area contributed by atoms with Crippen LogP contribution >= 0.6 is 0 Å². The van der Waals surface area contributed by atoms with Crippen molar-refractivity contribution in [3.05, 3.63) is 42.4 Å². The molecule has 0 aliphatic carbocycles. The van der Waals surface area contributed by atoms with Gasteiger partial charge in [-0.05, 0) is 17.5 Å². The monoisotopic (exact) mass is 248 g/mol. The third kappa shape index (κ3) is 2.76. The van der Waals surface area contributed by atoms with Gasteiger partial charge in [-0.15, -0.1) is 0 Å². The summed E-state index contributed by atoms with van der Waals surface area (Å²) in [5.74, 6) is 0. The van der Waals surface area contributed by atoms with Gasteiger partial charge in [0.1, 0.15) is 6.10 Å². The first-order valence-electron chi connectivity index (χ1n) is 5.78. The lowest BCUT2D eigenvalue weighted by atomic mass is 10.0. The Morgan fingerprint density at radius 3 is 2.44 bits per heavy atom. The van der Waals surface area contributed by atoms with Gasteiger partial charge in [-0.1, -0.05) is 24.3 Å². The van der Waals surface area contributed by atoms with Gasteiger partial charge < -0.3 is 20.3 Å². The number of aromatic amines is 1. The topological polar surface area (TPSA) is 89.4 Å². The van der Waals surface area contributed by atoms with Gasteiger partial charge in [-0.25, -0.2) is 4.98 Å². The number of H-pyrrole nitrogens is 1. The molecule has 5 heteroatoms. The molecule has 0 bridgehead atoms. The summed E-state index contributed by atoms with van der Waals surface area (Å²) < 4.78 is 0. The van der Waals surface area contributed by atoms with Crippen molar-refractivity contribution in [2.24, 2.45) is 0 Å². The molecule has 2 rings (SSSR count). The summed E-state index contributed by atoms with van der Waals surface area (Å²) in [5, 5.41) is 28.2. The van der Waals surface area contributed by atoms with Gasteiger partial charge in [0.25, 0.3) is 0 Å². The molecule has 2 unspecified atom stereocenters. The number of aromatic nitrogens is 2. The van der Waals surface area contributed by atoms with Crippen LogP contribution in [0.3, 0.4) is 0 Å².